The summed E-state index contributed by atoms with van der Waals surface area (Å²) in [5, 5.41) is 9.29. The predicted octanol–water partition coefficient (Wildman–Crippen LogP) is 3.06. The molecule has 0 amide bonds. The summed E-state index contributed by atoms with van der Waals surface area (Å²) in [6.07, 6.45) is 1.69. The fourth-order valence-electron chi connectivity index (χ4n) is 2.69. The van der Waals surface area contributed by atoms with E-state index in [0.29, 0.717) is 11.3 Å². The number of fused-ring (bicyclic) bond motifs is 1. The number of aliphatic carboxylic acids is 1. The van der Waals surface area contributed by atoms with E-state index in [0.717, 1.165) is 5.56 Å². The van der Waals surface area contributed by atoms with Crippen molar-refractivity contribution in [2.45, 2.75) is 18.2 Å². The third kappa shape index (κ3) is 2.92. The number of carbonyl (C=O) groups is 1. The molecule has 5 nitrogen and oxygen atoms in total. The third-order valence-corrected chi connectivity index (χ3v) is 5.83. The van der Waals surface area contributed by atoms with Crippen molar-refractivity contribution in [3.8, 4) is 0 Å². The summed E-state index contributed by atoms with van der Waals surface area (Å²) in [6.45, 7) is 1.98. The van der Waals surface area contributed by atoms with Crippen LogP contribution in [0, 0.1) is 6.92 Å². The largest absolute Gasteiger partial charge is 0.478 e. The molecular weight excluding hydrogens is 326 g/mol. The predicted molar refractivity (Wildman–Crippen MR) is 92.4 cm³/mol. The van der Waals surface area contributed by atoms with Crippen LogP contribution < -0.4 is 4.31 Å². The molecule has 2 aromatic rings. The Morgan fingerprint density at radius 3 is 2.42 bits per heavy atom. The Bertz CT molecular complexity index is 914. The maximum absolute atomic E-state index is 13.0. The fraction of sp³-hybridized carbons (Fsp3) is 0.167. The van der Waals surface area contributed by atoms with Gasteiger partial charge in [-0.15, -0.1) is 0 Å². The summed E-state index contributed by atoms with van der Waals surface area (Å²) >= 11 is 0. The van der Waals surface area contributed by atoms with Crippen LogP contribution in [0.1, 0.15) is 17.5 Å². The normalized spacial score (nSPS) is 14.5. The minimum Gasteiger partial charge on any atom is -0.478 e. The number of benzene rings is 2. The van der Waals surface area contributed by atoms with Gasteiger partial charge in [0, 0.05) is 12.1 Å². The molecule has 1 heterocycles. The molecule has 0 bridgehead atoms. The molecule has 124 valence electrons. The molecule has 0 spiro atoms. The van der Waals surface area contributed by atoms with Gasteiger partial charge in [0.25, 0.3) is 10.0 Å². The van der Waals surface area contributed by atoms with E-state index < -0.39 is 16.0 Å². The molecule has 0 fully saturated rings. The van der Waals surface area contributed by atoms with E-state index in [1.807, 2.05) is 6.92 Å². The summed E-state index contributed by atoms with van der Waals surface area (Å²) in [4.78, 5) is 11.5. The highest BCUT2D eigenvalue weighted by Gasteiger charge is 2.29. The summed E-state index contributed by atoms with van der Waals surface area (Å²) in [6, 6.07) is 13.6. The molecule has 2 aromatic carbocycles. The van der Waals surface area contributed by atoms with Gasteiger partial charge in [-0.1, -0.05) is 35.9 Å². The Morgan fingerprint density at radius 1 is 1.08 bits per heavy atom. The molecule has 1 aliphatic heterocycles. The van der Waals surface area contributed by atoms with E-state index in [4.69, 9.17) is 0 Å². The molecule has 0 saturated heterocycles. The number of carboxylic acids is 1. The second kappa shape index (κ2) is 6.13. The molecule has 0 saturated carbocycles. The highest BCUT2D eigenvalue weighted by Crippen LogP contribution is 2.32. The molecule has 3 rings (SSSR count). The first kappa shape index (κ1) is 16.3. The van der Waals surface area contributed by atoms with Gasteiger partial charge in [0.15, 0.2) is 0 Å². The van der Waals surface area contributed by atoms with Crippen molar-refractivity contribution in [3.63, 3.8) is 0 Å². The number of para-hydroxylation sites is 1. The van der Waals surface area contributed by atoms with E-state index in [-0.39, 0.29) is 23.4 Å². The Labute approximate surface area is 140 Å². The van der Waals surface area contributed by atoms with Crippen LogP contribution in [0.25, 0.3) is 6.08 Å². The topological polar surface area (TPSA) is 74.7 Å². The Hall–Kier alpha value is -2.60. The first-order valence-electron chi connectivity index (χ1n) is 7.52. The molecular formula is C18H17NO4S. The molecule has 0 radical (unpaired) electrons. The number of sulfonamides is 1. The van der Waals surface area contributed by atoms with E-state index in [2.05, 4.69) is 0 Å². The first-order chi connectivity index (χ1) is 11.4. The van der Waals surface area contributed by atoms with E-state index >= 15 is 0 Å². The van der Waals surface area contributed by atoms with Gasteiger partial charge in [0.05, 0.1) is 10.6 Å². The Morgan fingerprint density at radius 2 is 1.75 bits per heavy atom. The second-order valence-corrected chi connectivity index (χ2v) is 7.54. The third-order valence-electron chi connectivity index (χ3n) is 4.00. The number of carboxylic acid groups (broad SMARTS) is 1. The standard InChI is InChI=1S/C18H17NO4S/c1-13-6-8-16(9-7-13)24(22,23)19-11-10-15(18(20)21)12-14-4-2-3-5-17(14)19/h2-9,12H,10-11H2,1H3,(H,20,21). The van der Waals surface area contributed by atoms with Gasteiger partial charge in [0.1, 0.15) is 0 Å². The molecule has 0 aromatic heterocycles. The summed E-state index contributed by atoms with van der Waals surface area (Å²) in [5.41, 5.74) is 2.25. The lowest BCUT2D eigenvalue weighted by molar-refractivity contribution is -0.132. The van der Waals surface area contributed by atoms with Crippen molar-refractivity contribution >= 4 is 27.8 Å². The minimum atomic E-state index is -3.76. The minimum absolute atomic E-state index is 0.0886. The van der Waals surface area contributed by atoms with Gasteiger partial charge >= 0.3 is 5.97 Å². The summed E-state index contributed by atoms with van der Waals surface area (Å²) in [7, 11) is -3.76. The van der Waals surface area contributed by atoms with Crippen LogP contribution in [-0.2, 0) is 14.8 Å². The zero-order chi connectivity index (χ0) is 17.3. The highest BCUT2D eigenvalue weighted by atomic mass is 32.2. The maximum atomic E-state index is 13.0. The quantitative estimate of drug-likeness (QED) is 0.929. The number of nitrogens with zero attached hydrogens (tertiary/aromatic N) is 1. The first-order valence-corrected chi connectivity index (χ1v) is 8.96. The van der Waals surface area contributed by atoms with Crippen LogP contribution in [0.5, 0.6) is 0 Å². The molecule has 1 N–H and O–H groups in total. The molecule has 24 heavy (non-hydrogen) atoms. The number of hydrogen-bond donors (Lipinski definition) is 1. The van der Waals surface area contributed by atoms with Crippen molar-refractivity contribution in [2.24, 2.45) is 0 Å². The van der Waals surface area contributed by atoms with Gasteiger partial charge in [-0.2, -0.15) is 0 Å². The van der Waals surface area contributed by atoms with E-state index in [1.54, 1.807) is 54.6 Å². The van der Waals surface area contributed by atoms with Gasteiger partial charge in [-0.05, 0) is 43.2 Å². The molecule has 0 atom stereocenters. The van der Waals surface area contributed by atoms with E-state index in [9.17, 15) is 18.3 Å². The van der Waals surface area contributed by atoms with E-state index in [1.165, 1.54) is 4.31 Å². The number of rotatable bonds is 3. The van der Waals surface area contributed by atoms with Crippen LogP contribution in [0.3, 0.4) is 0 Å². The zero-order valence-corrected chi connectivity index (χ0v) is 14.0. The highest BCUT2D eigenvalue weighted by molar-refractivity contribution is 7.92. The van der Waals surface area contributed by atoms with Gasteiger partial charge < -0.3 is 5.11 Å². The monoisotopic (exact) mass is 343 g/mol. The number of anilines is 1. The van der Waals surface area contributed by atoms with Crippen LogP contribution in [0.4, 0.5) is 5.69 Å². The fourth-order valence-corrected chi connectivity index (χ4v) is 4.19. The lowest BCUT2D eigenvalue weighted by Crippen LogP contribution is -2.32. The smallest absolute Gasteiger partial charge is 0.331 e. The van der Waals surface area contributed by atoms with Gasteiger partial charge in [-0.3, -0.25) is 4.31 Å². The lowest BCUT2D eigenvalue weighted by atomic mass is 10.1. The Kier molecular flexibility index (Phi) is 4.15. The van der Waals surface area contributed by atoms with Crippen molar-refractivity contribution in [2.75, 3.05) is 10.8 Å². The molecule has 6 heteroatoms. The summed E-state index contributed by atoms with van der Waals surface area (Å²) < 4.78 is 27.4. The van der Waals surface area contributed by atoms with Crippen LogP contribution >= 0.6 is 0 Å². The lowest BCUT2D eigenvalue weighted by Gasteiger charge is -2.24. The van der Waals surface area contributed by atoms with Crippen LogP contribution in [-0.4, -0.2) is 26.0 Å². The zero-order valence-electron chi connectivity index (χ0n) is 13.1. The molecule has 0 aliphatic carbocycles. The average molecular weight is 343 g/mol. The number of aryl methyl sites for hydroxylation is 1. The van der Waals surface area contributed by atoms with Gasteiger partial charge in [-0.25, -0.2) is 13.2 Å². The van der Waals surface area contributed by atoms with Crippen LogP contribution in [0.15, 0.2) is 59.0 Å². The van der Waals surface area contributed by atoms with Crippen molar-refractivity contribution in [1.82, 2.24) is 0 Å². The average Bonchev–Trinajstić information content (AvgIpc) is 2.75. The number of hydrogen-bond acceptors (Lipinski definition) is 3. The molecule has 0 unspecified atom stereocenters. The van der Waals surface area contributed by atoms with Gasteiger partial charge in [0.2, 0.25) is 0 Å². The second-order valence-electron chi connectivity index (χ2n) is 5.67. The van der Waals surface area contributed by atoms with Crippen molar-refractivity contribution < 1.29 is 18.3 Å². The summed E-state index contributed by atoms with van der Waals surface area (Å²) in [5.74, 6) is -1.03. The van der Waals surface area contributed by atoms with Crippen LogP contribution in [0.2, 0.25) is 0 Å². The maximum Gasteiger partial charge on any atom is 0.331 e. The van der Waals surface area contributed by atoms with Crippen molar-refractivity contribution in [1.29, 1.82) is 0 Å². The Balaban J connectivity index is 2.10. The molecule has 1 aliphatic rings. The SMILES string of the molecule is Cc1ccc(S(=O)(=O)N2CCC(C(=O)O)=Cc3ccccc32)cc1. The van der Waals surface area contributed by atoms with Crippen molar-refractivity contribution in [3.05, 3.63) is 65.2 Å².